The Balaban J connectivity index is 0.000000924. The van der Waals surface area contributed by atoms with Gasteiger partial charge in [-0.1, -0.05) is 55.7 Å². The summed E-state index contributed by atoms with van der Waals surface area (Å²) in [4.78, 5) is 18.5. The van der Waals surface area contributed by atoms with Crippen LogP contribution in [0, 0.1) is 27.7 Å². The van der Waals surface area contributed by atoms with Gasteiger partial charge in [-0.05, 0) is 89.7 Å². The van der Waals surface area contributed by atoms with Gasteiger partial charge >= 0.3 is 0 Å². The van der Waals surface area contributed by atoms with Crippen molar-refractivity contribution in [2.45, 2.75) is 80.1 Å². The first-order chi connectivity index (χ1) is 20.4. The number of primary amides is 1. The minimum atomic E-state index is -0.319. The molecule has 0 heterocycles. The number of nitrogens with one attached hydrogen (secondary N) is 1. The molecule has 0 radical (unpaired) electrons. The molecule has 8 nitrogen and oxygen atoms in total. The number of guanidine groups is 1. The number of hydrogen-bond acceptors (Lipinski definition) is 5. The SMILES string of the molecule is CCC.CN(C)C(=NCCC(N)=O)N(C)C.Cc1ccc(OCCCCNCCCCOc2ccc(C)cc2C)c(C)c1. The Bertz CT molecular complexity index is 984. The molecular formula is C35H61N5O3. The number of hydrogen-bond donors (Lipinski definition) is 2. The van der Waals surface area contributed by atoms with Crippen molar-refractivity contribution < 1.29 is 14.3 Å². The van der Waals surface area contributed by atoms with E-state index in [-0.39, 0.29) is 5.91 Å². The number of nitrogens with two attached hydrogens (primary N) is 1. The van der Waals surface area contributed by atoms with E-state index < -0.39 is 0 Å². The van der Waals surface area contributed by atoms with E-state index >= 15 is 0 Å². The quantitative estimate of drug-likeness (QED) is 0.142. The molecule has 2 rings (SSSR count). The first-order valence-corrected chi connectivity index (χ1v) is 15.7. The van der Waals surface area contributed by atoms with Crippen LogP contribution in [0.5, 0.6) is 11.5 Å². The van der Waals surface area contributed by atoms with Crippen molar-refractivity contribution in [3.63, 3.8) is 0 Å². The highest BCUT2D eigenvalue weighted by atomic mass is 16.5. The molecule has 2 aromatic rings. The minimum Gasteiger partial charge on any atom is -0.493 e. The summed E-state index contributed by atoms with van der Waals surface area (Å²) in [5.74, 6) is 2.54. The Labute approximate surface area is 263 Å². The summed E-state index contributed by atoms with van der Waals surface area (Å²) < 4.78 is 11.7. The monoisotopic (exact) mass is 599 g/mol. The maximum absolute atomic E-state index is 10.4. The molecule has 2 aromatic carbocycles. The molecule has 0 spiro atoms. The molecule has 244 valence electrons. The maximum atomic E-state index is 10.4. The van der Waals surface area contributed by atoms with Gasteiger partial charge in [-0.15, -0.1) is 0 Å². The summed E-state index contributed by atoms with van der Waals surface area (Å²) in [6.45, 7) is 16.8. The lowest BCUT2D eigenvalue weighted by Crippen LogP contribution is -2.35. The van der Waals surface area contributed by atoms with Gasteiger partial charge in [0.2, 0.25) is 5.91 Å². The topological polar surface area (TPSA) is 92.4 Å². The third-order valence-corrected chi connectivity index (χ3v) is 6.08. The van der Waals surface area contributed by atoms with Crippen molar-refractivity contribution in [3.8, 4) is 11.5 Å². The van der Waals surface area contributed by atoms with Gasteiger partial charge in [-0.3, -0.25) is 9.79 Å². The van der Waals surface area contributed by atoms with Gasteiger partial charge in [0.25, 0.3) is 0 Å². The van der Waals surface area contributed by atoms with Crippen LogP contribution in [-0.2, 0) is 4.79 Å². The molecule has 0 aliphatic carbocycles. The van der Waals surface area contributed by atoms with Crippen molar-refractivity contribution in [1.29, 1.82) is 0 Å². The predicted molar refractivity (Wildman–Crippen MR) is 184 cm³/mol. The summed E-state index contributed by atoms with van der Waals surface area (Å²) >= 11 is 0. The van der Waals surface area contributed by atoms with E-state index in [0.717, 1.165) is 69.4 Å². The molecule has 43 heavy (non-hydrogen) atoms. The van der Waals surface area contributed by atoms with E-state index in [1.807, 2.05) is 38.0 Å². The third-order valence-electron chi connectivity index (χ3n) is 6.08. The molecule has 0 aromatic heterocycles. The normalized spacial score (nSPS) is 10.0. The standard InChI is InChI=1S/C24H35NO2.C8H18N4O.C3H8/c1-19-9-11-23(21(3)17-19)26-15-7-5-13-25-14-6-8-16-27-24-12-10-20(2)18-22(24)4;1-11(2)8(12(3)4)10-6-5-7(9)13;1-3-2/h9-12,17-18,25H,5-8,13-16H2,1-4H3;5-6H2,1-4H3,(H2,9,13);3H2,1-2H3. The molecule has 0 unspecified atom stereocenters. The van der Waals surface area contributed by atoms with Crippen molar-refractivity contribution in [1.82, 2.24) is 15.1 Å². The molecule has 1 amide bonds. The maximum Gasteiger partial charge on any atom is 0.219 e. The first-order valence-electron chi connectivity index (χ1n) is 15.7. The fourth-order valence-corrected chi connectivity index (χ4v) is 4.06. The van der Waals surface area contributed by atoms with Crippen molar-refractivity contribution in [2.24, 2.45) is 10.7 Å². The number of carbonyl (C=O) groups excluding carboxylic acids is 1. The number of unbranched alkanes of at least 4 members (excludes halogenated alkanes) is 2. The fraction of sp³-hybridized carbons (Fsp3) is 0.600. The lowest BCUT2D eigenvalue weighted by molar-refractivity contribution is -0.117. The summed E-state index contributed by atoms with van der Waals surface area (Å²) in [6, 6.07) is 12.7. The van der Waals surface area contributed by atoms with Crippen LogP contribution >= 0.6 is 0 Å². The number of carbonyl (C=O) groups is 1. The summed E-state index contributed by atoms with van der Waals surface area (Å²) in [7, 11) is 7.62. The minimum absolute atomic E-state index is 0.297. The molecule has 0 atom stereocenters. The Morgan fingerprint density at radius 3 is 1.53 bits per heavy atom. The van der Waals surface area contributed by atoms with Crippen LogP contribution in [-0.4, -0.2) is 82.7 Å². The van der Waals surface area contributed by atoms with Crippen LogP contribution in [0.4, 0.5) is 0 Å². The van der Waals surface area contributed by atoms with Crippen molar-refractivity contribution in [2.75, 3.05) is 61.0 Å². The number of ether oxygens (including phenoxy) is 2. The van der Waals surface area contributed by atoms with E-state index in [9.17, 15) is 4.79 Å². The van der Waals surface area contributed by atoms with Gasteiger partial charge < -0.3 is 30.3 Å². The zero-order valence-electron chi connectivity index (χ0n) is 28.9. The number of benzene rings is 2. The largest absolute Gasteiger partial charge is 0.493 e. The molecule has 0 bridgehead atoms. The van der Waals surface area contributed by atoms with E-state index in [1.54, 1.807) is 0 Å². The summed E-state index contributed by atoms with van der Waals surface area (Å²) in [6.07, 6.45) is 5.99. The second-order valence-corrected chi connectivity index (χ2v) is 11.3. The van der Waals surface area contributed by atoms with E-state index in [1.165, 1.54) is 28.7 Å². The number of aliphatic imine (C=N–C) groups is 1. The van der Waals surface area contributed by atoms with E-state index in [0.29, 0.717) is 13.0 Å². The number of rotatable bonds is 15. The van der Waals surface area contributed by atoms with Crippen LogP contribution < -0.4 is 20.5 Å². The van der Waals surface area contributed by atoms with Crippen LogP contribution in [0.3, 0.4) is 0 Å². The number of amides is 1. The molecule has 3 N–H and O–H groups in total. The average Bonchev–Trinajstić information content (AvgIpc) is 2.92. The van der Waals surface area contributed by atoms with Crippen LogP contribution in [0.25, 0.3) is 0 Å². The van der Waals surface area contributed by atoms with Crippen LogP contribution in [0.2, 0.25) is 0 Å². The second-order valence-electron chi connectivity index (χ2n) is 11.3. The molecule has 8 heteroatoms. The Kier molecular flexibility index (Phi) is 22.4. The summed E-state index contributed by atoms with van der Waals surface area (Å²) in [5.41, 5.74) is 9.99. The molecule has 0 saturated carbocycles. The lowest BCUT2D eigenvalue weighted by Gasteiger charge is -2.22. The second kappa shape index (κ2) is 24.2. The van der Waals surface area contributed by atoms with Crippen molar-refractivity contribution >= 4 is 11.9 Å². The predicted octanol–water partition coefficient (Wildman–Crippen LogP) is 6.29. The van der Waals surface area contributed by atoms with Crippen LogP contribution in [0.15, 0.2) is 41.4 Å². The highest BCUT2D eigenvalue weighted by molar-refractivity contribution is 5.79. The number of aryl methyl sites for hydroxylation is 4. The van der Waals surface area contributed by atoms with E-state index in [2.05, 4.69) is 88.2 Å². The van der Waals surface area contributed by atoms with Gasteiger partial charge in [0.05, 0.1) is 19.8 Å². The van der Waals surface area contributed by atoms with Gasteiger partial charge in [0.1, 0.15) is 11.5 Å². The Hall–Kier alpha value is -3.26. The highest BCUT2D eigenvalue weighted by Gasteiger charge is 2.04. The fourth-order valence-electron chi connectivity index (χ4n) is 4.06. The third kappa shape index (κ3) is 20.3. The zero-order chi connectivity index (χ0) is 32.6. The average molecular weight is 600 g/mol. The molecule has 0 aliphatic rings. The highest BCUT2D eigenvalue weighted by Crippen LogP contribution is 2.19. The summed E-state index contributed by atoms with van der Waals surface area (Å²) in [5, 5.41) is 3.51. The molecular weight excluding hydrogens is 538 g/mol. The smallest absolute Gasteiger partial charge is 0.219 e. The number of nitrogens with zero attached hydrogens (tertiary/aromatic N) is 3. The van der Waals surface area contributed by atoms with Gasteiger partial charge in [0, 0.05) is 34.6 Å². The van der Waals surface area contributed by atoms with Gasteiger partial charge in [-0.25, -0.2) is 0 Å². The molecule has 0 saturated heterocycles. The van der Waals surface area contributed by atoms with Crippen LogP contribution in [0.1, 0.15) is 74.6 Å². The van der Waals surface area contributed by atoms with E-state index in [4.69, 9.17) is 15.2 Å². The van der Waals surface area contributed by atoms with Gasteiger partial charge in [0.15, 0.2) is 5.96 Å². The van der Waals surface area contributed by atoms with Crippen molar-refractivity contribution in [3.05, 3.63) is 58.7 Å². The lowest BCUT2D eigenvalue weighted by atomic mass is 10.1. The molecule has 0 fully saturated rings. The zero-order valence-corrected chi connectivity index (χ0v) is 28.9. The van der Waals surface area contributed by atoms with Gasteiger partial charge in [-0.2, -0.15) is 0 Å². The molecule has 0 aliphatic heterocycles. The Morgan fingerprint density at radius 1 is 0.767 bits per heavy atom. The first kappa shape index (κ1) is 39.7. The Morgan fingerprint density at radius 2 is 1.19 bits per heavy atom.